The van der Waals surface area contributed by atoms with Gasteiger partial charge in [-0.1, -0.05) is 20.3 Å². The van der Waals surface area contributed by atoms with Gasteiger partial charge in [-0.2, -0.15) is 0 Å². The van der Waals surface area contributed by atoms with Gasteiger partial charge in [0, 0.05) is 17.5 Å². The third-order valence-corrected chi connectivity index (χ3v) is 4.76. The highest BCUT2D eigenvalue weighted by Crippen LogP contribution is 2.27. The van der Waals surface area contributed by atoms with Crippen LogP contribution in [0.5, 0.6) is 0 Å². The van der Waals surface area contributed by atoms with E-state index in [4.69, 9.17) is 0 Å². The molecule has 1 aromatic heterocycles. The zero-order valence-electron chi connectivity index (χ0n) is 10.0. The largest absolute Gasteiger partial charge is 0.392 e. The molecule has 0 saturated heterocycles. The molecule has 16 heavy (non-hydrogen) atoms. The summed E-state index contributed by atoms with van der Waals surface area (Å²) >= 11 is 5.19. The number of rotatable bonds is 6. The van der Waals surface area contributed by atoms with Crippen molar-refractivity contribution in [3.63, 3.8) is 0 Å². The van der Waals surface area contributed by atoms with E-state index in [-0.39, 0.29) is 6.10 Å². The van der Waals surface area contributed by atoms with Gasteiger partial charge in [0.1, 0.15) is 0 Å². The summed E-state index contributed by atoms with van der Waals surface area (Å²) < 4.78 is 1.15. The van der Waals surface area contributed by atoms with Crippen LogP contribution in [0.25, 0.3) is 0 Å². The first-order valence-electron chi connectivity index (χ1n) is 5.71. The van der Waals surface area contributed by atoms with Crippen LogP contribution in [-0.2, 0) is 0 Å². The average molecular weight is 306 g/mol. The molecule has 0 saturated carbocycles. The number of hydrogen-bond acceptors (Lipinski definition) is 3. The Morgan fingerprint density at radius 3 is 2.62 bits per heavy atom. The Kier molecular flexibility index (Phi) is 5.97. The highest BCUT2D eigenvalue weighted by atomic mass is 79.9. The van der Waals surface area contributed by atoms with E-state index in [2.05, 4.69) is 54.2 Å². The molecule has 4 heteroatoms. The van der Waals surface area contributed by atoms with Crippen molar-refractivity contribution < 1.29 is 5.11 Å². The molecular weight excluding hydrogens is 286 g/mol. The SMILES string of the molecule is CCC(C)C(O)CNC(C)c1ccc(Br)s1. The molecule has 0 fully saturated rings. The number of aliphatic hydroxyl groups excluding tert-OH is 1. The van der Waals surface area contributed by atoms with Gasteiger partial charge in [-0.3, -0.25) is 0 Å². The van der Waals surface area contributed by atoms with Crippen LogP contribution in [0.4, 0.5) is 0 Å². The van der Waals surface area contributed by atoms with Crippen molar-refractivity contribution in [2.24, 2.45) is 5.92 Å². The molecule has 0 spiro atoms. The lowest BCUT2D eigenvalue weighted by Crippen LogP contribution is -2.32. The molecule has 2 N–H and O–H groups in total. The van der Waals surface area contributed by atoms with Crippen LogP contribution < -0.4 is 5.32 Å². The highest BCUT2D eigenvalue weighted by Gasteiger charge is 2.14. The van der Waals surface area contributed by atoms with Crippen LogP contribution in [0.2, 0.25) is 0 Å². The topological polar surface area (TPSA) is 32.3 Å². The summed E-state index contributed by atoms with van der Waals surface area (Å²) in [6.07, 6.45) is 0.762. The molecule has 0 aromatic carbocycles. The van der Waals surface area contributed by atoms with E-state index in [1.54, 1.807) is 11.3 Å². The predicted molar refractivity (Wildman–Crippen MR) is 73.9 cm³/mol. The van der Waals surface area contributed by atoms with Gasteiger partial charge in [0.25, 0.3) is 0 Å². The van der Waals surface area contributed by atoms with Crippen LogP contribution in [0, 0.1) is 5.92 Å². The summed E-state index contributed by atoms with van der Waals surface area (Å²) in [7, 11) is 0. The van der Waals surface area contributed by atoms with Crippen LogP contribution in [0.1, 0.15) is 38.1 Å². The zero-order chi connectivity index (χ0) is 12.1. The van der Waals surface area contributed by atoms with Gasteiger partial charge in [0.05, 0.1) is 9.89 Å². The van der Waals surface area contributed by atoms with Gasteiger partial charge >= 0.3 is 0 Å². The Hall–Kier alpha value is 0.1000. The Morgan fingerprint density at radius 1 is 1.44 bits per heavy atom. The van der Waals surface area contributed by atoms with Gasteiger partial charge in [0.2, 0.25) is 0 Å². The fraction of sp³-hybridized carbons (Fsp3) is 0.667. The number of halogens is 1. The molecule has 0 aliphatic heterocycles. The summed E-state index contributed by atoms with van der Waals surface area (Å²) in [5.41, 5.74) is 0. The van der Waals surface area contributed by atoms with Crippen LogP contribution in [-0.4, -0.2) is 17.8 Å². The molecule has 1 rings (SSSR count). The van der Waals surface area contributed by atoms with Crippen LogP contribution in [0.3, 0.4) is 0 Å². The van der Waals surface area contributed by atoms with Crippen LogP contribution in [0.15, 0.2) is 15.9 Å². The van der Waals surface area contributed by atoms with Crippen molar-refractivity contribution in [1.82, 2.24) is 5.32 Å². The molecular formula is C12H20BrNOS. The molecule has 92 valence electrons. The molecule has 0 radical (unpaired) electrons. The second kappa shape index (κ2) is 6.74. The van der Waals surface area contributed by atoms with E-state index in [0.29, 0.717) is 18.5 Å². The highest BCUT2D eigenvalue weighted by molar-refractivity contribution is 9.11. The van der Waals surface area contributed by atoms with Crippen molar-refractivity contribution in [2.75, 3.05) is 6.54 Å². The van der Waals surface area contributed by atoms with Crippen molar-refractivity contribution in [3.8, 4) is 0 Å². The Morgan fingerprint density at radius 2 is 2.12 bits per heavy atom. The number of hydrogen-bond donors (Lipinski definition) is 2. The van der Waals surface area contributed by atoms with E-state index >= 15 is 0 Å². The van der Waals surface area contributed by atoms with Gasteiger partial charge in [0.15, 0.2) is 0 Å². The molecule has 0 aliphatic rings. The summed E-state index contributed by atoms with van der Waals surface area (Å²) in [5.74, 6) is 0.356. The summed E-state index contributed by atoms with van der Waals surface area (Å²) in [6.45, 7) is 6.97. The van der Waals surface area contributed by atoms with Gasteiger partial charge in [-0.15, -0.1) is 11.3 Å². The van der Waals surface area contributed by atoms with Gasteiger partial charge in [-0.05, 0) is 40.9 Å². The second-order valence-electron chi connectivity index (χ2n) is 4.22. The average Bonchev–Trinajstić information content (AvgIpc) is 2.71. The predicted octanol–water partition coefficient (Wildman–Crippen LogP) is 3.57. The fourth-order valence-corrected chi connectivity index (χ4v) is 2.88. The lowest BCUT2D eigenvalue weighted by atomic mass is 10.0. The first-order valence-corrected chi connectivity index (χ1v) is 7.32. The molecule has 2 nitrogen and oxygen atoms in total. The maximum absolute atomic E-state index is 9.85. The van der Waals surface area contributed by atoms with Gasteiger partial charge < -0.3 is 10.4 Å². The minimum absolute atomic E-state index is 0.254. The smallest absolute Gasteiger partial charge is 0.0701 e. The third kappa shape index (κ3) is 4.17. The molecule has 0 amide bonds. The van der Waals surface area contributed by atoms with E-state index in [0.717, 1.165) is 10.2 Å². The molecule has 0 bridgehead atoms. The van der Waals surface area contributed by atoms with Crippen LogP contribution >= 0.6 is 27.3 Å². The quantitative estimate of drug-likeness (QED) is 0.842. The molecule has 1 heterocycles. The normalized spacial score (nSPS) is 17.1. The summed E-state index contributed by atoms with van der Waals surface area (Å²) in [6, 6.07) is 4.47. The second-order valence-corrected chi connectivity index (χ2v) is 6.72. The van der Waals surface area contributed by atoms with Crippen molar-refractivity contribution >= 4 is 27.3 Å². The van der Waals surface area contributed by atoms with Crippen molar-refractivity contribution in [2.45, 2.75) is 39.3 Å². The van der Waals surface area contributed by atoms with Crippen molar-refractivity contribution in [3.05, 3.63) is 20.8 Å². The third-order valence-electron chi connectivity index (χ3n) is 2.95. The molecule has 0 aliphatic carbocycles. The first-order chi connectivity index (χ1) is 7.54. The lowest BCUT2D eigenvalue weighted by Gasteiger charge is -2.20. The molecule has 3 unspecified atom stereocenters. The Balaban J connectivity index is 2.38. The monoisotopic (exact) mass is 305 g/mol. The Bertz CT molecular complexity index is 316. The van der Waals surface area contributed by atoms with Gasteiger partial charge in [-0.25, -0.2) is 0 Å². The number of thiophene rings is 1. The Labute approximate surface area is 110 Å². The first kappa shape index (κ1) is 14.2. The maximum Gasteiger partial charge on any atom is 0.0701 e. The number of aliphatic hydroxyl groups is 1. The minimum Gasteiger partial charge on any atom is -0.392 e. The summed E-state index contributed by atoms with van der Waals surface area (Å²) in [5, 5.41) is 13.2. The standard InChI is InChI=1S/C12H20BrNOS/c1-4-8(2)10(15)7-14-9(3)11-5-6-12(13)16-11/h5-6,8-10,14-15H,4,7H2,1-3H3. The lowest BCUT2D eigenvalue weighted by molar-refractivity contribution is 0.110. The summed E-state index contributed by atoms with van der Waals surface area (Å²) in [4.78, 5) is 1.29. The van der Waals surface area contributed by atoms with E-state index in [9.17, 15) is 5.11 Å². The van der Waals surface area contributed by atoms with E-state index < -0.39 is 0 Å². The fourth-order valence-electron chi connectivity index (χ4n) is 1.43. The van der Waals surface area contributed by atoms with E-state index in [1.807, 2.05) is 0 Å². The minimum atomic E-state index is -0.254. The van der Waals surface area contributed by atoms with E-state index in [1.165, 1.54) is 4.88 Å². The molecule has 1 aromatic rings. The number of nitrogens with one attached hydrogen (secondary N) is 1. The maximum atomic E-state index is 9.85. The molecule has 3 atom stereocenters. The van der Waals surface area contributed by atoms with Crippen molar-refractivity contribution in [1.29, 1.82) is 0 Å². The zero-order valence-corrected chi connectivity index (χ0v) is 12.4.